The molecule has 19 heavy (non-hydrogen) atoms. The van der Waals surface area contributed by atoms with Crippen molar-refractivity contribution in [3.8, 4) is 5.75 Å². The van der Waals surface area contributed by atoms with Crippen LogP contribution < -0.4 is 15.8 Å². The van der Waals surface area contributed by atoms with Crippen LogP contribution in [-0.2, 0) is 11.3 Å². The van der Waals surface area contributed by atoms with Crippen LogP contribution in [0.15, 0.2) is 12.1 Å². The van der Waals surface area contributed by atoms with Crippen LogP contribution in [0.3, 0.4) is 0 Å². The summed E-state index contributed by atoms with van der Waals surface area (Å²) in [6.07, 6.45) is 2.30. The van der Waals surface area contributed by atoms with Crippen LogP contribution in [0.4, 0.5) is 0 Å². The van der Waals surface area contributed by atoms with Crippen LogP contribution in [0.2, 0.25) is 10.0 Å². The fourth-order valence-corrected chi connectivity index (χ4v) is 2.27. The minimum Gasteiger partial charge on any atom is -0.482 e. The Bertz CT molecular complexity index is 439. The van der Waals surface area contributed by atoms with Gasteiger partial charge in [-0.25, -0.2) is 0 Å². The van der Waals surface area contributed by atoms with Crippen molar-refractivity contribution < 1.29 is 14.8 Å². The lowest BCUT2D eigenvalue weighted by molar-refractivity contribution is -0.670. The molecule has 4 nitrogen and oxygen atoms in total. The van der Waals surface area contributed by atoms with Crippen LogP contribution in [0.25, 0.3) is 0 Å². The molecule has 0 aliphatic carbocycles. The topological polar surface area (TPSA) is 68.9 Å². The summed E-state index contributed by atoms with van der Waals surface area (Å²) in [5.41, 5.74) is 5.94. The number of carbonyl (C=O) groups excluding carboxylic acids is 1. The smallest absolute Gasteiger partial charge is 0.255 e. The van der Waals surface area contributed by atoms with Gasteiger partial charge in [-0.05, 0) is 18.6 Å². The van der Waals surface area contributed by atoms with Gasteiger partial charge in [-0.1, -0.05) is 36.5 Å². The highest BCUT2D eigenvalue weighted by atomic mass is 35.5. The number of benzene rings is 1. The number of ether oxygens (including phenoxy) is 1. The average Bonchev–Trinajstić information content (AvgIpc) is 2.33. The van der Waals surface area contributed by atoms with Gasteiger partial charge in [0.1, 0.15) is 12.3 Å². The van der Waals surface area contributed by atoms with E-state index in [-0.39, 0.29) is 6.61 Å². The van der Waals surface area contributed by atoms with Gasteiger partial charge in [0.15, 0.2) is 6.61 Å². The fraction of sp³-hybridized carbons (Fsp3) is 0.462. The Balaban J connectivity index is 2.77. The third-order valence-corrected chi connectivity index (χ3v) is 3.07. The van der Waals surface area contributed by atoms with E-state index in [4.69, 9.17) is 33.7 Å². The van der Waals surface area contributed by atoms with Crippen LogP contribution in [0.5, 0.6) is 5.75 Å². The number of halogens is 2. The summed E-state index contributed by atoms with van der Waals surface area (Å²) < 4.78 is 5.36. The summed E-state index contributed by atoms with van der Waals surface area (Å²) in [6, 6.07) is 3.39. The Labute approximate surface area is 123 Å². The molecule has 0 radical (unpaired) electrons. The van der Waals surface area contributed by atoms with Crippen molar-refractivity contribution in [2.24, 2.45) is 5.73 Å². The molecule has 0 spiro atoms. The highest BCUT2D eigenvalue weighted by Crippen LogP contribution is 2.31. The second kappa shape index (κ2) is 8.25. The average molecular weight is 306 g/mol. The number of amides is 1. The summed E-state index contributed by atoms with van der Waals surface area (Å²) in [4.78, 5) is 10.8. The van der Waals surface area contributed by atoms with Crippen LogP contribution in [-0.4, -0.2) is 19.1 Å². The Kier molecular flexibility index (Phi) is 6.99. The van der Waals surface area contributed by atoms with E-state index in [2.05, 4.69) is 12.2 Å². The molecule has 0 unspecified atom stereocenters. The fourth-order valence-electron chi connectivity index (χ4n) is 1.68. The van der Waals surface area contributed by atoms with Crippen molar-refractivity contribution in [3.63, 3.8) is 0 Å². The van der Waals surface area contributed by atoms with E-state index in [0.717, 1.165) is 24.9 Å². The van der Waals surface area contributed by atoms with Gasteiger partial charge in [0.25, 0.3) is 5.91 Å². The first-order chi connectivity index (χ1) is 9.04. The number of hydrogen-bond donors (Lipinski definition) is 2. The summed E-state index contributed by atoms with van der Waals surface area (Å²) >= 11 is 12.1. The normalized spacial score (nSPS) is 10.5. The molecule has 106 valence electrons. The zero-order valence-electron chi connectivity index (χ0n) is 10.9. The number of unbranched alkanes of at least 4 members (excludes halogenated alkanes) is 1. The number of carbonyl (C=O) groups is 1. The first kappa shape index (κ1) is 16.1. The minimum atomic E-state index is -0.535. The lowest BCUT2D eigenvalue weighted by atomic mass is 10.2. The monoisotopic (exact) mass is 305 g/mol. The van der Waals surface area contributed by atoms with Gasteiger partial charge in [-0.2, -0.15) is 0 Å². The predicted octanol–water partition coefficient (Wildman–Crippen LogP) is 1.72. The Morgan fingerprint density at radius 3 is 2.79 bits per heavy atom. The lowest BCUT2D eigenvalue weighted by Gasteiger charge is -2.12. The summed E-state index contributed by atoms with van der Waals surface area (Å²) in [6.45, 7) is 3.68. The zero-order chi connectivity index (χ0) is 14.3. The van der Waals surface area contributed by atoms with Crippen LogP contribution in [0, 0.1) is 0 Å². The van der Waals surface area contributed by atoms with Gasteiger partial charge in [0.2, 0.25) is 0 Å². The lowest BCUT2D eigenvalue weighted by Crippen LogP contribution is -2.82. The first-order valence-electron chi connectivity index (χ1n) is 6.25. The molecule has 0 atom stereocenters. The molecule has 1 aromatic carbocycles. The third kappa shape index (κ3) is 5.68. The van der Waals surface area contributed by atoms with Gasteiger partial charge in [0.05, 0.1) is 17.1 Å². The van der Waals surface area contributed by atoms with E-state index in [0.29, 0.717) is 22.3 Å². The molecule has 1 rings (SSSR count). The molecule has 4 N–H and O–H groups in total. The standard InChI is InChI=1S/C13H18Cl2N2O2/c1-2-3-4-17-7-9-5-10(14)6-11(15)13(9)19-8-12(16)18/h5-6,17H,2-4,7-8H2,1H3,(H2,16,18)/p+1. The number of primary amides is 1. The maximum Gasteiger partial charge on any atom is 0.255 e. The molecule has 0 aliphatic rings. The van der Waals surface area contributed by atoms with Gasteiger partial charge in [0, 0.05) is 5.02 Å². The van der Waals surface area contributed by atoms with E-state index >= 15 is 0 Å². The molecule has 0 saturated heterocycles. The molecule has 0 heterocycles. The second-order valence-corrected chi connectivity index (χ2v) is 5.11. The quantitative estimate of drug-likeness (QED) is 0.718. The first-order valence-corrected chi connectivity index (χ1v) is 7.00. The maximum absolute atomic E-state index is 10.8. The molecule has 1 aromatic rings. The van der Waals surface area contributed by atoms with Gasteiger partial charge in [-0.15, -0.1) is 0 Å². The highest BCUT2D eigenvalue weighted by molar-refractivity contribution is 6.35. The third-order valence-electron chi connectivity index (χ3n) is 2.57. The number of quaternary nitrogens is 1. The number of hydrogen-bond acceptors (Lipinski definition) is 2. The molecule has 0 aliphatic heterocycles. The Morgan fingerprint density at radius 1 is 1.42 bits per heavy atom. The molecule has 0 bridgehead atoms. The Hall–Kier alpha value is -0.970. The minimum absolute atomic E-state index is 0.191. The predicted molar refractivity (Wildman–Crippen MR) is 76.6 cm³/mol. The zero-order valence-corrected chi connectivity index (χ0v) is 12.4. The molecule has 0 aromatic heterocycles. The van der Waals surface area contributed by atoms with E-state index < -0.39 is 5.91 Å². The maximum atomic E-state index is 10.8. The molecular formula is C13H19Cl2N2O2+. The van der Waals surface area contributed by atoms with E-state index in [9.17, 15) is 4.79 Å². The van der Waals surface area contributed by atoms with Crippen molar-refractivity contribution in [2.75, 3.05) is 13.2 Å². The molecule has 1 amide bonds. The van der Waals surface area contributed by atoms with Crippen molar-refractivity contribution in [1.29, 1.82) is 0 Å². The van der Waals surface area contributed by atoms with Crippen LogP contribution >= 0.6 is 23.2 Å². The summed E-state index contributed by atoms with van der Waals surface area (Å²) in [7, 11) is 0. The second-order valence-electron chi connectivity index (χ2n) is 4.27. The Morgan fingerprint density at radius 2 is 2.16 bits per heavy atom. The molecular weight excluding hydrogens is 287 g/mol. The van der Waals surface area contributed by atoms with Crippen LogP contribution in [0.1, 0.15) is 25.3 Å². The molecule has 0 saturated carbocycles. The molecule has 0 fully saturated rings. The number of nitrogens with two attached hydrogens (primary N) is 2. The van der Waals surface area contributed by atoms with Crippen molar-refractivity contribution in [2.45, 2.75) is 26.3 Å². The van der Waals surface area contributed by atoms with Gasteiger partial charge >= 0.3 is 0 Å². The summed E-state index contributed by atoms with van der Waals surface area (Å²) in [5.74, 6) is -0.0513. The highest BCUT2D eigenvalue weighted by Gasteiger charge is 2.13. The van der Waals surface area contributed by atoms with Crippen molar-refractivity contribution in [1.82, 2.24) is 0 Å². The van der Waals surface area contributed by atoms with Crippen molar-refractivity contribution in [3.05, 3.63) is 27.7 Å². The van der Waals surface area contributed by atoms with Gasteiger partial charge < -0.3 is 15.8 Å². The number of rotatable bonds is 8. The van der Waals surface area contributed by atoms with Gasteiger partial charge in [-0.3, -0.25) is 4.79 Å². The SMILES string of the molecule is CCCC[NH2+]Cc1cc(Cl)cc(Cl)c1OCC(N)=O. The molecule has 6 heteroatoms. The van der Waals surface area contributed by atoms with E-state index in [1.807, 2.05) is 0 Å². The van der Waals surface area contributed by atoms with Crippen molar-refractivity contribution >= 4 is 29.1 Å². The van der Waals surface area contributed by atoms with E-state index in [1.165, 1.54) is 0 Å². The largest absolute Gasteiger partial charge is 0.482 e. The summed E-state index contributed by atoms with van der Waals surface area (Å²) in [5, 5.41) is 3.10. The van der Waals surface area contributed by atoms with E-state index in [1.54, 1.807) is 12.1 Å².